The molecule has 1 aromatic carbocycles. The maximum absolute atomic E-state index is 10.9. The van der Waals surface area contributed by atoms with Crippen molar-refractivity contribution in [2.24, 2.45) is 0 Å². The molecule has 3 unspecified atom stereocenters. The third kappa shape index (κ3) is 19.2. The highest BCUT2D eigenvalue weighted by Crippen LogP contribution is 2.18. The maximum atomic E-state index is 10.9. The first-order valence-electron chi connectivity index (χ1n) is 11.3. The molecule has 0 saturated carbocycles. The summed E-state index contributed by atoms with van der Waals surface area (Å²) in [4.78, 5) is 42.1. The van der Waals surface area contributed by atoms with Crippen molar-refractivity contribution in [1.29, 1.82) is 0 Å². The highest BCUT2D eigenvalue weighted by Gasteiger charge is 2.21. The van der Waals surface area contributed by atoms with Gasteiger partial charge in [0.05, 0.1) is 24.7 Å². The van der Waals surface area contributed by atoms with Gasteiger partial charge >= 0.3 is 17.9 Å². The lowest BCUT2D eigenvalue weighted by Crippen LogP contribution is -2.27. The van der Waals surface area contributed by atoms with Crippen LogP contribution in [0.1, 0.15) is 73.5 Å². The number of aliphatic carboxylic acids is 3. The second kappa shape index (κ2) is 18.5. The minimum Gasteiger partial charge on any atom is -0.481 e. The molecule has 1 aromatic rings. The Morgan fingerprint density at radius 1 is 0.714 bits per heavy atom. The molecule has 1 rings (SSSR count). The summed E-state index contributed by atoms with van der Waals surface area (Å²) in [6.07, 6.45) is -2.86. The molecule has 0 fully saturated rings. The standard InChI is InChI=1S/C11H14O3.C8H14O4.C6H12O3/c1-8(2)14-10(11(12)13)9-6-4-3-5-7-9;1-5(2)12-7(6(3)9)4-8(10)11;1-4(2)9-5(3)6(7)8/h3-8,10H,1-2H3,(H,12,13);5,7H,4H2,1-3H3,(H,10,11);4-5H,1-3H3,(H,7,8). The predicted molar refractivity (Wildman–Crippen MR) is 129 cm³/mol. The number of Topliss-reactive ketones (excluding diaryl/α,β-unsaturated/α-hetero) is 1. The van der Waals surface area contributed by atoms with Gasteiger partial charge in [0.2, 0.25) is 0 Å². The first kappa shape index (κ1) is 34.3. The molecule has 0 saturated heterocycles. The van der Waals surface area contributed by atoms with E-state index in [0.717, 1.165) is 0 Å². The van der Waals surface area contributed by atoms with Crippen LogP contribution >= 0.6 is 0 Å². The number of carboxylic acids is 3. The summed E-state index contributed by atoms with van der Waals surface area (Å²) in [6, 6.07) is 8.95. The SMILES string of the molecule is CC(=O)C(CC(=O)O)OC(C)C.CC(C)OC(C(=O)O)c1ccccc1.CC(C)OC(C)C(=O)O. The zero-order valence-electron chi connectivity index (χ0n) is 21.8. The van der Waals surface area contributed by atoms with Crippen LogP contribution in [0.25, 0.3) is 0 Å². The van der Waals surface area contributed by atoms with Gasteiger partial charge in [0, 0.05) is 0 Å². The summed E-state index contributed by atoms with van der Waals surface area (Å²) in [6.45, 7) is 13.6. The Morgan fingerprint density at radius 3 is 1.46 bits per heavy atom. The Bertz CT molecular complexity index is 759. The van der Waals surface area contributed by atoms with Gasteiger partial charge < -0.3 is 29.5 Å². The van der Waals surface area contributed by atoms with Crippen molar-refractivity contribution in [3.8, 4) is 0 Å². The highest BCUT2D eigenvalue weighted by atomic mass is 16.5. The van der Waals surface area contributed by atoms with Gasteiger partial charge in [-0.15, -0.1) is 0 Å². The molecule has 10 heteroatoms. The van der Waals surface area contributed by atoms with Crippen LogP contribution < -0.4 is 0 Å². The van der Waals surface area contributed by atoms with E-state index in [1.807, 2.05) is 19.9 Å². The summed E-state index contributed by atoms with van der Waals surface area (Å²) in [5.74, 6) is -3.13. The Labute approximate surface area is 207 Å². The Morgan fingerprint density at radius 2 is 1.17 bits per heavy atom. The van der Waals surface area contributed by atoms with Crippen LogP contribution in [0.2, 0.25) is 0 Å². The number of hydrogen-bond donors (Lipinski definition) is 3. The predicted octanol–water partition coefficient (Wildman–Crippen LogP) is 3.97. The lowest BCUT2D eigenvalue weighted by atomic mass is 10.1. The number of rotatable bonds is 12. The molecule has 3 N–H and O–H groups in total. The number of ether oxygens (including phenoxy) is 3. The van der Waals surface area contributed by atoms with Gasteiger partial charge in [0.25, 0.3) is 0 Å². The maximum Gasteiger partial charge on any atom is 0.337 e. The van der Waals surface area contributed by atoms with E-state index in [4.69, 9.17) is 29.5 Å². The van der Waals surface area contributed by atoms with Crippen molar-refractivity contribution in [2.75, 3.05) is 0 Å². The topological polar surface area (TPSA) is 157 Å². The van der Waals surface area contributed by atoms with Crippen LogP contribution in [0, 0.1) is 0 Å². The summed E-state index contributed by atoms with van der Waals surface area (Å²) in [7, 11) is 0. The van der Waals surface area contributed by atoms with Crippen LogP contribution in [0.15, 0.2) is 30.3 Å². The zero-order chi connectivity index (χ0) is 27.7. The fourth-order valence-corrected chi connectivity index (χ4v) is 2.42. The molecule has 0 aliphatic rings. The Balaban J connectivity index is 0. The average molecular weight is 501 g/mol. The number of carbonyl (C=O) groups excluding carboxylic acids is 1. The van der Waals surface area contributed by atoms with Crippen LogP contribution in [-0.4, -0.2) is 69.5 Å². The highest BCUT2D eigenvalue weighted by molar-refractivity contribution is 5.85. The van der Waals surface area contributed by atoms with Crippen LogP contribution in [0.4, 0.5) is 0 Å². The minimum atomic E-state index is -1.02. The van der Waals surface area contributed by atoms with E-state index >= 15 is 0 Å². The fraction of sp³-hybridized carbons (Fsp3) is 0.600. The first-order chi connectivity index (χ1) is 16.1. The molecule has 200 valence electrons. The van der Waals surface area contributed by atoms with E-state index in [2.05, 4.69) is 0 Å². The molecule has 3 atom stereocenters. The molecule has 0 aliphatic heterocycles. The normalized spacial score (nSPS) is 13.1. The number of benzene rings is 1. The summed E-state index contributed by atoms with van der Waals surface area (Å²) >= 11 is 0. The second-order valence-electron chi connectivity index (χ2n) is 8.36. The van der Waals surface area contributed by atoms with Crippen LogP contribution in [0.3, 0.4) is 0 Å². The van der Waals surface area contributed by atoms with Gasteiger partial charge in [-0.1, -0.05) is 30.3 Å². The van der Waals surface area contributed by atoms with Gasteiger partial charge in [-0.2, -0.15) is 0 Å². The lowest BCUT2D eigenvalue weighted by molar-refractivity contribution is -0.154. The van der Waals surface area contributed by atoms with Gasteiger partial charge in [-0.25, -0.2) is 9.59 Å². The largest absolute Gasteiger partial charge is 0.481 e. The zero-order valence-corrected chi connectivity index (χ0v) is 21.8. The lowest BCUT2D eigenvalue weighted by Gasteiger charge is -2.16. The fourth-order valence-electron chi connectivity index (χ4n) is 2.42. The van der Waals surface area contributed by atoms with Gasteiger partial charge in [0.1, 0.15) is 6.10 Å². The molecular weight excluding hydrogens is 460 g/mol. The molecule has 0 spiro atoms. The number of carboxylic acid groups (broad SMARTS) is 3. The minimum absolute atomic E-state index is 0.0175. The number of carbonyl (C=O) groups is 4. The summed E-state index contributed by atoms with van der Waals surface area (Å²) in [5.41, 5.74) is 0.675. The Hall–Kier alpha value is -2.82. The molecule has 0 bridgehead atoms. The average Bonchev–Trinajstić information content (AvgIpc) is 2.71. The summed E-state index contributed by atoms with van der Waals surface area (Å²) < 4.78 is 15.3. The second-order valence-corrected chi connectivity index (χ2v) is 8.36. The monoisotopic (exact) mass is 500 g/mol. The number of ketones is 1. The molecule has 0 aliphatic carbocycles. The molecule has 0 radical (unpaired) electrons. The molecule has 0 heterocycles. The van der Waals surface area contributed by atoms with Crippen molar-refractivity contribution in [2.45, 2.75) is 98.4 Å². The number of hydrogen-bond acceptors (Lipinski definition) is 7. The molecular formula is C25H40O10. The third-order valence-corrected chi connectivity index (χ3v) is 3.81. The van der Waals surface area contributed by atoms with E-state index in [9.17, 15) is 19.2 Å². The van der Waals surface area contributed by atoms with Gasteiger partial charge in [-0.3, -0.25) is 9.59 Å². The van der Waals surface area contributed by atoms with E-state index in [-0.39, 0.29) is 30.5 Å². The van der Waals surface area contributed by atoms with Crippen LogP contribution in [-0.2, 0) is 33.4 Å². The molecule has 0 amide bonds. The first-order valence-corrected chi connectivity index (χ1v) is 11.3. The van der Waals surface area contributed by atoms with Crippen molar-refractivity contribution in [3.05, 3.63) is 35.9 Å². The molecule has 0 aromatic heterocycles. The molecule has 10 nitrogen and oxygen atoms in total. The third-order valence-electron chi connectivity index (χ3n) is 3.81. The van der Waals surface area contributed by atoms with E-state index < -0.39 is 36.2 Å². The van der Waals surface area contributed by atoms with E-state index in [1.54, 1.807) is 52.0 Å². The van der Waals surface area contributed by atoms with Crippen molar-refractivity contribution in [1.82, 2.24) is 0 Å². The van der Waals surface area contributed by atoms with Crippen LogP contribution in [0.5, 0.6) is 0 Å². The smallest absolute Gasteiger partial charge is 0.337 e. The van der Waals surface area contributed by atoms with Crippen molar-refractivity contribution >= 4 is 23.7 Å². The van der Waals surface area contributed by atoms with Crippen molar-refractivity contribution < 1.29 is 48.7 Å². The quantitative estimate of drug-likeness (QED) is 0.384. The summed E-state index contributed by atoms with van der Waals surface area (Å²) in [5, 5.41) is 25.7. The van der Waals surface area contributed by atoms with E-state index in [0.29, 0.717) is 5.56 Å². The Kier molecular flexibility index (Phi) is 18.2. The van der Waals surface area contributed by atoms with E-state index in [1.165, 1.54) is 13.8 Å². The van der Waals surface area contributed by atoms with Crippen molar-refractivity contribution in [3.63, 3.8) is 0 Å². The van der Waals surface area contributed by atoms with Gasteiger partial charge in [0.15, 0.2) is 18.0 Å². The molecule has 35 heavy (non-hydrogen) atoms. The van der Waals surface area contributed by atoms with Gasteiger partial charge in [-0.05, 0) is 61.0 Å².